The van der Waals surface area contributed by atoms with Gasteiger partial charge in [0, 0.05) is 0 Å². The van der Waals surface area contributed by atoms with Crippen LogP contribution in [-0.4, -0.2) is 5.97 Å². The number of carbonyl (C=O) groups excluding carboxylic acids is 1. The first-order valence-electron chi connectivity index (χ1n) is 9.46. The minimum absolute atomic E-state index is 0.0339. The van der Waals surface area contributed by atoms with E-state index in [9.17, 15) is 18.0 Å². The average molecular weight is 414 g/mol. The fourth-order valence-corrected chi connectivity index (χ4v) is 2.99. The quantitative estimate of drug-likeness (QED) is 0.335. The van der Waals surface area contributed by atoms with Gasteiger partial charge < -0.3 is 9.47 Å². The normalized spacial score (nSPS) is 13.4. The van der Waals surface area contributed by atoms with Gasteiger partial charge in [0.2, 0.25) is 0 Å². The number of rotatable bonds is 6. The van der Waals surface area contributed by atoms with Crippen LogP contribution in [0.15, 0.2) is 78.9 Å². The smallest absolute Gasteiger partial charge is 0.419 e. The molecule has 0 aliphatic heterocycles. The van der Waals surface area contributed by atoms with Crippen LogP contribution in [0.3, 0.4) is 0 Å². The summed E-state index contributed by atoms with van der Waals surface area (Å²) in [4.78, 5) is 12.5. The van der Waals surface area contributed by atoms with Gasteiger partial charge in [-0.1, -0.05) is 55.5 Å². The van der Waals surface area contributed by atoms with Crippen LogP contribution in [-0.2, 0) is 11.8 Å². The maximum Gasteiger partial charge on any atom is 0.419 e. The third-order valence-electron chi connectivity index (χ3n) is 4.87. The summed E-state index contributed by atoms with van der Waals surface area (Å²) >= 11 is 0. The van der Waals surface area contributed by atoms with Crippen molar-refractivity contribution in [1.29, 1.82) is 0 Å². The highest BCUT2D eigenvalue weighted by atomic mass is 19.4. The molecule has 0 radical (unpaired) electrons. The zero-order chi connectivity index (χ0) is 21.8. The van der Waals surface area contributed by atoms with E-state index in [1.807, 2.05) is 13.0 Å². The number of halogens is 3. The molecule has 0 saturated carbocycles. The van der Waals surface area contributed by atoms with Crippen molar-refractivity contribution in [3.05, 3.63) is 95.6 Å². The Labute approximate surface area is 173 Å². The van der Waals surface area contributed by atoms with Gasteiger partial charge >= 0.3 is 12.1 Å². The molecular weight excluding hydrogens is 393 g/mol. The van der Waals surface area contributed by atoms with Crippen LogP contribution >= 0.6 is 0 Å². The molecule has 156 valence electrons. The van der Waals surface area contributed by atoms with E-state index >= 15 is 0 Å². The Bertz CT molecular complexity index is 1000. The van der Waals surface area contributed by atoms with Gasteiger partial charge in [-0.25, -0.2) is 4.79 Å². The van der Waals surface area contributed by atoms with Crippen LogP contribution in [0.4, 0.5) is 13.2 Å². The number of hydrogen-bond donors (Lipinski definition) is 0. The lowest BCUT2D eigenvalue weighted by Crippen LogP contribution is -2.29. The van der Waals surface area contributed by atoms with Crippen LogP contribution in [0.25, 0.3) is 0 Å². The molecule has 3 aromatic carbocycles. The number of hydrogen-bond acceptors (Lipinski definition) is 3. The summed E-state index contributed by atoms with van der Waals surface area (Å²) in [6.07, 6.45) is -4.21. The minimum atomic E-state index is -4.64. The molecule has 0 saturated heterocycles. The van der Waals surface area contributed by atoms with Gasteiger partial charge in [0.05, 0.1) is 11.1 Å². The third-order valence-corrected chi connectivity index (χ3v) is 4.87. The van der Waals surface area contributed by atoms with E-state index in [1.54, 1.807) is 61.5 Å². The second kappa shape index (κ2) is 8.61. The fraction of sp³-hybridized carbons (Fsp3) is 0.208. The Balaban J connectivity index is 1.98. The Hall–Kier alpha value is -3.28. The van der Waals surface area contributed by atoms with Crippen molar-refractivity contribution in [2.75, 3.05) is 0 Å². The van der Waals surface area contributed by atoms with Gasteiger partial charge in [-0.05, 0) is 49.2 Å². The summed E-state index contributed by atoms with van der Waals surface area (Å²) in [6.45, 7) is 3.55. The first-order chi connectivity index (χ1) is 14.2. The van der Waals surface area contributed by atoms with E-state index in [0.29, 0.717) is 12.2 Å². The maximum absolute atomic E-state index is 13.6. The van der Waals surface area contributed by atoms with Gasteiger partial charge in [-0.3, -0.25) is 0 Å². The Morgan fingerprint density at radius 1 is 0.900 bits per heavy atom. The molecule has 0 heterocycles. The zero-order valence-corrected chi connectivity index (χ0v) is 16.6. The minimum Gasteiger partial charge on any atom is -0.482 e. The number of esters is 1. The van der Waals surface area contributed by atoms with Crippen molar-refractivity contribution in [2.45, 2.75) is 32.0 Å². The van der Waals surface area contributed by atoms with Gasteiger partial charge in [-0.15, -0.1) is 0 Å². The predicted molar refractivity (Wildman–Crippen MR) is 108 cm³/mol. The Morgan fingerprint density at radius 3 is 2.07 bits per heavy atom. The first kappa shape index (κ1) is 21.4. The number of alkyl halides is 3. The lowest BCUT2D eigenvalue weighted by molar-refractivity contribution is -0.140. The van der Waals surface area contributed by atoms with Crippen LogP contribution in [0.5, 0.6) is 11.5 Å². The van der Waals surface area contributed by atoms with E-state index in [-0.39, 0.29) is 5.56 Å². The highest BCUT2D eigenvalue weighted by molar-refractivity contribution is 5.91. The van der Waals surface area contributed by atoms with Crippen molar-refractivity contribution in [3.63, 3.8) is 0 Å². The molecule has 30 heavy (non-hydrogen) atoms. The lowest BCUT2D eigenvalue weighted by atomic mass is 9.92. The number of para-hydroxylation sites is 1. The van der Waals surface area contributed by atoms with E-state index in [4.69, 9.17) is 9.47 Å². The second-order valence-corrected chi connectivity index (χ2v) is 6.96. The summed E-state index contributed by atoms with van der Waals surface area (Å²) < 4.78 is 52.0. The van der Waals surface area contributed by atoms with Gasteiger partial charge in [0.1, 0.15) is 17.1 Å². The van der Waals surface area contributed by atoms with Crippen LogP contribution in [0.1, 0.15) is 41.8 Å². The molecule has 0 fully saturated rings. The highest BCUT2D eigenvalue weighted by Gasteiger charge is 2.37. The summed E-state index contributed by atoms with van der Waals surface area (Å²) in [5.74, 6) is -0.886. The topological polar surface area (TPSA) is 35.5 Å². The molecule has 0 aliphatic carbocycles. The van der Waals surface area contributed by atoms with Gasteiger partial charge in [-0.2, -0.15) is 13.2 Å². The van der Waals surface area contributed by atoms with E-state index in [1.165, 1.54) is 0 Å². The van der Waals surface area contributed by atoms with Crippen molar-refractivity contribution >= 4 is 5.97 Å². The molecule has 1 unspecified atom stereocenters. The number of ether oxygens (including phenoxy) is 2. The van der Waals surface area contributed by atoms with Crippen LogP contribution in [0, 0.1) is 0 Å². The first-order valence-corrected chi connectivity index (χ1v) is 9.46. The molecule has 0 amide bonds. The molecule has 0 aromatic heterocycles. The number of benzene rings is 3. The van der Waals surface area contributed by atoms with Gasteiger partial charge in [0.15, 0.2) is 0 Å². The molecule has 6 heteroatoms. The molecule has 3 aromatic rings. The zero-order valence-electron chi connectivity index (χ0n) is 16.6. The summed E-state index contributed by atoms with van der Waals surface area (Å²) in [6, 6.07) is 20.3. The monoisotopic (exact) mass is 414 g/mol. The molecule has 0 bridgehead atoms. The SMILES string of the molecule is CCC(C)(Oc1cc(C(=O)Oc2ccccc2)ccc1C(F)(F)F)c1ccccc1. The second-order valence-electron chi connectivity index (χ2n) is 6.96. The molecule has 0 N–H and O–H groups in total. The summed E-state index contributed by atoms with van der Waals surface area (Å²) in [7, 11) is 0. The largest absolute Gasteiger partial charge is 0.482 e. The highest BCUT2D eigenvalue weighted by Crippen LogP contribution is 2.40. The molecule has 3 nitrogen and oxygen atoms in total. The van der Waals surface area contributed by atoms with Crippen molar-refractivity contribution in [2.24, 2.45) is 0 Å². The van der Waals surface area contributed by atoms with E-state index in [0.717, 1.165) is 23.8 Å². The predicted octanol–water partition coefficient (Wildman–Crippen LogP) is 6.63. The Morgan fingerprint density at radius 2 is 1.50 bits per heavy atom. The van der Waals surface area contributed by atoms with Crippen molar-refractivity contribution in [1.82, 2.24) is 0 Å². The average Bonchev–Trinajstić information content (AvgIpc) is 2.74. The fourth-order valence-electron chi connectivity index (χ4n) is 2.99. The molecule has 0 aliphatic rings. The Kier molecular flexibility index (Phi) is 6.15. The van der Waals surface area contributed by atoms with Crippen LogP contribution < -0.4 is 9.47 Å². The maximum atomic E-state index is 13.6. The lowest BCUT2D eigenvalue weighted by Gasteiger charge is -2.31. The van der Waals surface area contributed by atoms with Crippen LogP contribution in [0.2, 0.25) is 0 Å². The van der Waals surface area contributed by atoms with E-state index < -0.39 is 29.1 Å². The number of carbonyl (C=O) groups is 1. The van der Waals surface area contributed by atoms with Crippen molar-refractivity contribution in [3.8, 4) is 11.5 Å². The standard InChI is InChI=1S/C24H21F3O3/c1-3-23(2,18-10-6-4-7-11-18)30-21-16-17(14-15-20(21)24(25,26)27)22(28)29-19-12-8-5-9-13-19/h4-16H,3H2,1-2H3. The molecule has 1 atom stereocenters. The summed E-state index contributed by atoms with van der Waals surface area (Å²) in [5, 5.41) is 0. The molecule has 3 rings (SSSR count). The molecular formula is C24H21F3O3. The summed E-state index contributed by atoms with van der Waals surface area (Å²) in [5.41, 5.74) is -1.26. The van der Waals surface area contributed by atoms with E-state index in [2.05, 4.69) is 0 Å². The van der Waals surface area contributed by atoms with Gasteiger partial charge in [0.25, 0.3) is 0 Å². The van der Waals surface area contributed by atoms with Crippen molar-refractivity contribution < 1.29 is 27.4 Å². The third kappa shape index (κ3) is 4.82. The molecule has 0 spiro atoms.